The SMILES string of the molecule is C=NC(=O)c1cc(C(C=NC(C)C)=CCC)ccc1OC1CCN(C(=O)Cc2ccc(OC3CC3)cc2)CC1. The molecule has 4 rings (SSSR count). The predicted octanol–water partition coefficient (Wildman–Crippen LogP) is 5.95. The van der Waals surface area contributed by atoms with E-state index in [0.29, 0.717) is 49.8 Å². The van der Waals surface area contributed by atoms with Crippen molar-refractivity contribution < 1.29 is 19.1 Å². The molecule has 7 heteroatoms. The van der Waals surface area contributed by atoms with Crippen molar-refractivity contribution in [3.63, 3.8) is 0 Å². The lowest BCUT2D eigenvalue weighted by atomic mass is 10.0. The molecular weight excluding hydrogens is 490 g/mol. The van der Waals surface area contributed by atoms with E-state index in [2.05, 4.69) is 29.7 Å². The van der Waals surface area contributed by atoms with E-state index in [4.69, 9.17) is 9.47 Å². The first kappa shape index (κ1) is 28.3. The van der Waals surface area contributed by atoms with Gasteiger partial charge in [0.25, 0.3) is 5.91 Å². The highest BCUT2D eigenvalue weighted by molar-refractivity contribution is 6.11. The molecular formula is C32H39N3O4. The number of ether oxygens (including phenoxy) is 2. The van der Waals surface area contributed by atoms with Crippen LogP contribution >= 0.6 is 0 Å². The molecule has 1 aliphatic carbocycles. The Bertz CT molecular complexity index is 1220. The van der Waals surface area contributed by atoms with Crippen LogP contribution in [0.3, 0.4) is 0 Å². The van der Waals surface area contributed by atoms with Gasteiger partial charge in [-0.25, -0.2) is 4.99 Å². The molecule has 1 saturated heterocycles. The van der Waals surface area contributed by atoms with Gasteiger partial charge in [0.2, 0.25) is 5.91 Å². The summed E-state index contributed by atoms with van der Waals surface area (Å²) >= 11 is 0. The Morgan fingerprint density at radius 1 is 1.03 bits per heavy atom. The van der Waals surface area contributed by atoms with Crippen molar-refractivity contribution >= 4 is 30.3 Å². The van der Waals surface area contributed by atoms with Crippen molar-refractivity contribution in [3.05, 3.63) is 65.2 Å². The molecule has 2 aromatic rings. The van der Waals surface area contributed by atoms with E-state index in [1.165, 1.54) is 0 Å². The molecule has 206 valence electrons. The summed E-state index contributed by atoms with van der Waals surface area (Å²) in [5, 5.41) is 0. The van der Waals surface area contributed by atoms with Gasteiger partial charge in [-0.3, -0.25) is 14.6 Å². The summed E-state index contributed by atoms with van der Waals surface area (Å²) in [6, 6.07) is 13.6. The van der Waals surface area contributed by atoms with Crippen LogP contribution in [0.15, 0.2) is 58.5 Å². The van der Waals surface area contributed by atoms with E-state index < -0.39 is 5.91 Å². The van der Waals surface area contributed by atoms with Gasteiger partial charge < -0.3 is 14.4 Å². The number of piperidine rings is 1. The number of aliphatic imine (C=N–C) groups is 2. The number of rotatable bonds is 11. The number of carbonyl (C=O) groups is 2. The van der Waals surface area contributed by atoms with Crippen molar-refractivity contribution in [1.82, 2.24) is 4.90 Å². The molecule has 1 saturated carbocycles. The average Bonchev–Trinajstić information content (AvgIpc) is 3.76. The number of allylic oxidation sites excluding steroid dienone is 2. The Morgan fingerprint density at radius 2 is 1.72 bits per heavy atom. The largest absolute Gasteiger partial charge is 0.490 e. The topological polar surface area (TPSA) is 80.6 Å². The molecule has 0 atom stereocenters. The third-order valence-electron chi connectivity index (χ3n) is 6.82. The second kappa shape index (κ2) is 13.4. The summed E-state index contributed by atoms with van der Waals surface area (Å²) < 4.78 is 12.1. The first-order valence-electron chi connectivity index (χ1n) is 13.9. The molecule has 2 aliphatic rings. The minimum atomic E-state index is -0.426. The van der Waals surface area contributed by atoms with Gasteiger partial charge in [0, 0.05) is 38.2 Å². The molecule has 2 amide bonds. The Balaban J connectivity index is 1.36. The van der Waals surface area contributed by atoms with Gasteiger partial charge in [-0.2, -0.15) is 0 Å². The van der Waals surface area contributed by atoms with E-state index in [1.54, 1.807) is 6.07 Å². The van der Waals surface area contributed by atoms with Crippen molar-refractivity contribution in [2.24, 2.45) is 9.98 Å². The maximum absolute atomic E-state index is 12.9. The van der Waals surface area contributed by atoms with Crippen LogP contribution in [0.4, 0.5) is 0 Å². The lowest BCUT2D eigenvalue weighted by molar-refractivity contribution is -0.132. The number of nitrogens with zero attached hydrogens (tertiary/aromatic N) is 3. The van der Waals surface area contributed by atoms with Crippen LogP contribution in [0.1, 0.15) is 74.4 Å². The molecule has 7 nitrogen and oxygen atoms in total. The lowest BCUT2D eigenvalue weighted by Gasteiger charge is -2.32. The first-order valence-corrected chi connectivity index (χ1v) is 13.9. The summed E-state index contributed by atoms with van der Waals surface area (Å²) in [5.41, 5.74) is 3.20. The zero-order chi connectivity index (χ0) is 27.8. The van der Waals surface area contributed by atoms with E-state index in [9.17, 15) is 9.59 Å². The third-order valence-corrected chi connectivity index (χ3v) is 6.82. The quantitative estimate of drug-likeness (QED) is 0.337. The van der Waals surface area contributed by atoms with Crippen molar-refractivity contribution in [2.45, 2.75) is 77.5 Å². The fourth-order valence-electron chi connectivity index (χ4n) is 4.51. The molecule has 0 N–H and O–H groups in total. The highest BCUT2D eigenvalue weighted by atomic mass is 16.5. The summed E-state index contributed by atoms with van der Waals surface area (Å²) in [4.78, 5) is 35.6. The van der Waals surface area contributed by atoms with Crippen LogP contribution in [0.5, 0.6) is 11.5 Å². The second-order valence-electron chi connectivity index (χ2n) is 10.4. The highest BCUT2D eigenvalue weighted by Crippen LogP contribution is 2.29. The standard InChI is InChI=1S/C32H39N3O4/c1-5-6-25(21-34-22(2)3)24-9-14-30(29(20-24)32(37)33-4)39-28-15-17-35(18-16-28)31(36)19-23-7-10-26(11-8-23)38-27-12-13-27/h6-11,14,20-22,27-28H,4-5,12-13,15-19H2,1-3H3. The van der Waals surface area contributed by atoms with Gasteiger partial charge in [0.1, 0.15) is 17.6 Å². The second-order valence-corrected chi connectivity index (χ2v) is 10.4. The molecule has 1 heterocycles. The van der Waals surface area contributed by atoms with Crippen molar-refractivity contribution in [3.8, 4) is 11.5 Å². The van der Waals surface area contributed by atoms with Gasteiger partial charge >= 0.3 is 0 Å². The van der Waals surface area contributed by atoms with E-state index in [0.717, 1.165) is 41.7 Å². The Kier molecular flexibility index (Phi) is 9.69. The predicted molar refractivity (Wildman–Crippen MR) is 156 cm³/mol. The molecule has 0 aromatic heterocycles. The summed E-state index contributed by atoms with van der Waals surface area (Å²) in [7, 11) is 0. The molecule has 39 heavy (non-hydrogen) atoms. The number of hydrogen-bond acceptors (Lipinski definition) is 5. The minimum absolute atomic E-state index is 0.0942. The van der Waals surface area contributed by atoms with Crippen LogP contribution < -0.4 is 9.47 Å². The zero-order valence-corrected chi connectivity index (χ0v) is 23.3. The monoisotopic (exact) mass is 529 g/mol. The van der Waals surface area contributed by atoms with E-state index in [1.807, 2.05) is 61.4 Å². The van der Waals surface area contributed by atoms with E-state index >= 15 is 0 Å². The Hall–Kier alpha value is -3.74. The van der Waals surface area contributed by atoms with Gasteiger partial charge in [0.15, 0.2) is 0 Å². The number of amides is 2. The van der Waals surface area contributed by atoms with Gasteiger partial charge in [-0.05, 0) is 80.8 Å². The molecule has 2 aromatic carbocycles. The smallest absolute Gasteiger partial charge is 0.280 e. The number of benzene rings is 2. The molecule has 0 bridgehead atoms. The maximum atomic E-state index is 12.9. The van der Waals surface area contributed by atoms with Crippen LogP contribution in [-0.4, -0.2) is 61.0 Å². The average molecular weight is 530 g/mol. The molecule has 0 unspecified atom stereocenters. The summed E-state index contributed by atoms with van der Waals surface area (Å²) in [5.74, 6) is 1.04. The number of likely N-dealkylation sites (tertiary alicyclic amines) is 1. The van der Waals surface area contributed by atoms with Gasteiger partial charge in [-0.1, -0.05) is 31.2 Å². The highest BCUT2D eigenvalue weighted by Gasteiger charge is 2.26. The Labute approximate surface area is 231 Å². The summed E-state index contributed by atoms with van der Waals surface area (Å²) in [6.45, 7) is 10.8. The fraction of sp³-hybridized carbons (Fsp3) is 0.438. The third kappa shape index (κ3) is 8.12. The van der Waals surface area contributed by atoms with Crippen LogP contribution in [0, 0.1) is 0 Å². The van der Waals surface area contributed by atoms with Gasteiger partial charge in [0.05, 0.1) is 18.1 Å². The van der Waals surface area contributed by atoms with Gasteiger partial charge in [-0.15, -0.1) is 0 Å². The number of hydrogen-bond donors (Lipinski definition) is 0. The molecule has 0 spiro atoms. The lowest BCUT2D eigenvalue weighted by Crippen LogP contribution is -2.42. The molecule has 2 fully saturated rings. The zero-order valence-electron chi connectivity index (χ0n) is 23.3. The first-order chi connectivity index (χ1) is 18.9. The summed E-state index contributed by atoms with van der Waals surface area (Å²) in [6.07, 6.45) is 9.05. The van der Waals surface area contributed by atoms with Crippen LogP contribution in [0.2, 0.25) is 0 Å². The Morgan fingerprint density at radius 3 is 2.33 bits per heavy atom. The van der Waals surface area contributed by atoms with Crippen molar-refractivity contribution in [1.29, 1.82) is 0 Å². The fourth-order valence-corrected chi connectivity index (χ4v) is 4.51. The van der Waals surface area contributed by atoms with Crippen LogP contribution in [0.25, 0.3) is 5.57 Å². The van der Waals surface area contributed by atoms with E-state index in [-0.39, 0.29) is 18.1 Å². The molecule has 0 radical (unpaired) electrons. The molecule has 1 aliphatic heterocycles. The minimum Gasteiger partial charge on any atom is -0.490 e. The normalized spacial score (nSPS) is 16.5. The maximum Gasteiger partial charge on any atom is 0.280 e. The van der Waals surface area contributed by atoms with Crippen LogP contribution in [-0.2, 0) is 11.2 Å². The number of carbonyl (C=O) groups excluding carboxylic acids is 2. The van der Waals surface area contributed by atoms with Crippen molar-refractivity contribution in [2.75, 3.05) is 13.1 Å².